The lowest BCUT2D eigenvalue weighted by atomic mass is 10.1. The van der Waals surface area contributed by atoms with Crippen molar-refractivity contribution in [3.8, 4) is 6.07 Å². The topological polar surface area (TPSA) is 87.2 Å². The Morgan fingerprint density at radius 1 is 1.58 bits per heavy atom. The highest BCUT2D eigenvalue weighted by Crippen LogP contribution is 2.20. The Morgan fingerprint density at radius 3 is 2.74 bits per heavy atom. The Kier molecular flexibility index (Phi) is 4.59. The number of nitriles is 1. The van der Waals surface area contributed by atoms with Crippen LogP contribution in [0.1, 0.15) is 22.8 Å². The van der Waals surface area contributed by atoms with Gasteiger partial charge in [-0.25, -0.2) is 0 Å². The molecule has 0 aliphatic heterocycles. The Morgan fingerprint density at radius 2 is 2.21 bits per heavy atom. The van der Waals surface area contributed by atoms with E-state index in [4.69, 9.17) is 5.26 Å². The molecule has 0 fully saturated rings. The SMILES string of the molecule is Cc1ccc(C(=O)N(C)CC(C)C#N)cc1[N+](=O)[O-]. The molecular formula is C13H15N3O3. The molecule has 0 radical (unpaired) electrons. The molecule has 6 nitrogen and oxygen atoms in total. The summed E-state index contributed by atoms with van der Waals surface area (Å²) in [6.07, 6.45) is 0. The van der Waals surface area contributed by atoms with Crippen molar-refractivity contribution in [1.82, 2.24) is 4.90 Å². The average molecular weight is 261 g/mol. The number of carbonyl (C=O) groups excluding carboxylic acids is 1. The summed E-state index contributed by atoms with van der Waals surface area (Å²) in [5.74, 6) is -0.611. The third-order valence-corrected chi connectivity index (χ3v) is 2.77. The van der Waals surface area contributed by atoms with E-state index in [-0.39, 0.29) is 29.6 Å². The molecule has 1 amide bonds. The summed E-state index contributed by atoms with van der Waals surface area (Å²) in [4.78, 5) is 23.8. The summed E-state index contributed by atoms with van der Waals surface area (Å²) in [7, 11) is 1.57. The van der Waals surface area contributed by atoms with Crippen LogP contribution < -0.4 is 0 Å². The Bertz CT molecular complexity index is 549. The zero-order valence-electron chi connectivity index (χ0n) is 11.1. The molecule has 0 spiro atoms. The Hall–Kier alpha value is -2.42. The number of aryl methyl sites for hydroxylation is 1. The molecule has 0 heterocycles. The van der Waals surface area contributed by atoms with Gasteiger partial charge < -0.3 is 4.90 Å². The fraction of sp³-hybridized carbons (Fsp3) is 0.385. The maximum atomic E-state index is 12.1. The predicted molar refractivity (Wildman–Crippen MR) is 69.6 cm³/mol. The number of benzene rings is 1. The zero-order chi connectivity index (χ0) is 14.6. The van der Waals surface area contributed by atoms with Crippen LogP contribution in [-0.2, 0) is 0 Å². The van der Waals surface area contributed by atoms with Crippen molar-refractivity contribution in [3.05, 3.63) is 39.4 Å². The van der Waals surface area contributed by atoms with Crippen LogP contribution in [0, 0.1) is 34.3 Å². The standard InChI is InChI=1S/C13H15N3O3/c1-9(7-14)8-15(3)13(17)11-5-4-10(2)12(6-11)16(18)19/h4-6,9H,8H2,1-3H3. The first-order valence-electron chi connectivity index (χ1n) is 5.77. The number of nitro benzene ring substituents is 1. The van der Waals surface area contributed by atoms with Crippen LogP contribution in [-0.4, -0.2) is 29.3 Å². The smallest absolute Gasteiger partial charge is 0.273 e. The molecule has 1 aromatic rings. The van der Waals surface area contributed by atoms with Gasteiger partial charge in [-0.05, 0) is 19.9 Å². The van der Waals surface area contributed by atoms with Gasteiger partial charge in [0.05, 0.1) is 16.9 Å². The highest BCUT2D eigenvalue weighted by molar-refractivity contribution is 5.94. The van der Waals surface area contributed by atoms with Gasteiger partial charge in [0.2, 0.25) is 0 Å². The third kappa shape index (κ3) is 3.52. The molecule has 1 aromatic carbocycles. The van der Waals surface area contributed by atoms with E-state index in [0.29, 0.717) is 5.56 Å². The minimum Gasteiger partial charge on any atom is -0.340 e. The van der Waals surface area contributed by atoms with E-state index in [9.17, 15) is 14.9 Å². The zero-order valence-corrected chi connectivity index (χ0v) is 11.1. The van der Waals surface area contributed by atoms with Crippen LogP contribution in [0.3, 0.4) is 0 Å². The number of amides is 1. The number of nitro groups is 1. The molecule has 0 saturated carbocycles. The summed E-state index contributed by atoms with van der Waals surface area (Å²) < 4.78 is 0. The van der Waals surface area contributed by atoms with Gasteiger partial charge in [0.15, 0.2) is 0 Å². The van der Waals surface area contributed by atoms with Crippen LogP contribution in [0.4, 0.5) is 5.69 Å². The number of rotatable bonds is 4. The van der Waals surface area contributed by atoms with Crippen molar-refractivity contribution in [3.63, 3.8) is 0 Å². The molecule has 1 atom stereocenters. The lowest BCUT2D eigenvalue weighted by Gasteiger charge is -2.18. The van der Waals surface area contributed by atoms with Crippen molar-refractivity contribution in [2.24, 2.45) is 5.92 Å². The molecule has 1 unspecified atom stereocenters. The lowest BCUT2D eigenvalue weighted by molar-refractivity contribution is -0.385. The number of carbonyl (C=O) groups is 1. The number of nitrogens with zero attached hydrogens (tertiary/aromatic N) is 3. The molecule has 100 valence electrons. The molecule has 0 aliphatic rings. The minimum absolute atomic E-state index is 0.0763. The minimum atomic E-state index is -0.510. The van der Waals surface area contributed by atoms with Gasteiger partial charge in [-0.15, -0.1) is 0 Å². The summed E-state index contributed by atoms with van der Waals surface area (Å²) in [6, 6.07) is 6.41. The molecule has 0 aromatic heterocycles. The van der Waals surface area contributed by atoms with Crippen molar-refractivity contribution >= 4 is 11.6 Å². The molecule has 19 heavy (non-hydrogen) atoms. The van der Waals surface area contributed by atoms with Crippen LogP contribution >= 0.6 is 0 Å². The van der Waals surface area contributed by atoms with Gasteiger partial charge in [-0.3, -0.25) is 14.9 Å². The molecule has 6 heteroatoms. The normalized spacial score (nSPS) is 11.5. The maximum Gasteiger partial charge on any atom is 0.273 e. The second kappa shape index (κ2) is 5.96. The van der Waals surface area contributed by atoms with Crippen molar-refractivity contribution in [1.29, 1.82) is 5.26 Å². The predicted octanol–water partition coefficient (Wildman–Crippen LogP) is 2.13. The molecule has 0 bridgehead atoms. The maximum absolute atomic E-state index is 12.1. The number of hydrogen-bond acceptors (Lipinski definition) is 4. The summed E-state index contributed by atoms with van der Waals surface area (Å²) in [6.45, 7) is 3.62. The first-order chi connectivity index (χ1) is 8.86. The van der Waals surface area contributed by atoms with E-state index in [0.717, 1.165) is 0 Å². The molecule has 0 saturated heterocycles. The van der Waals surface area contributed by atoms with Crippen LogP contribution in [0.5, 0.6) is 0 Å². The van der Waals surface area contributed by atoms with Crippen molar-refractivity contribution in [2.45, 2.75) is 13.8 Å². The molecule has 1 rings (SSSR count). The third-order valence-electron chi connectivity index (χ3n) is 2.77. The average Bonchev–Trinajstić information content (AvgIpc) is 2.37. The quantitative estimate of drug-likeness (QED) is 0.613. The van der Waals surface area contributed by atoms with Gasteiger partial charge in [0, 0.05) is 30.8 Å². The lowest BCUT2D eigenvalue weighted by Crippen LogP contribution is -2.30. The summed E-state index contributed by atoms with van der Waals surface area (Å²) in [5, 5.41) is 19.5. The highest BCUT2D eigenvalue weighted by Gasteiger charge is 2.18. The van der Waals surface area contributed by atoms with Crippen LogP contribution in [0.15, 0.2) is 18.2 Å². The van der Waals surface area contributed by atoms with Crippen LogP contribution in [0.2, 0.25) is 0 Å². The second-order valence-electron chi connectivity index (χ2n) is 4.47. The first-order valence-corrected chi connectivity index (χ1v) is 5.77. The van der Waals surface area contributed by atoms with Gasteiger partial charge in [0.25, 0.3) is 11.6 Å². The van der Waals surface area contributed by atoms with Gasteiger partial charge in [0.1, 0.15) is 0 Å². The Balaban J connectivity index is 2.98. The largest absolute Gasteiger partial charge is 0.340 e. The van der Waals surface area contributed by atoms with E-state index in [2.05, 4.69) is 0 Å². The van der Waals surface area contributed by atoms with Gasteiger partial charge >= 0.3 is 0 Å². The first kappa shape index (κ1) is 14.6. The van der Waals surface area contributed by atoms with E-state index >= 15 is 0 Å². The van der Waals surface area contributed by atoms with E-state index < -0.39 is 4.92 Å². The summed E-state index contributed by atoms with van der Waals surface area (Å²) >= 11 is 0. The monoisotopic (exact) mass is 261 g/mol. The van der Waals surface area contributed by atoms with Crippen LogP contribution in [0.25, 0.3) is 0 Å². The molecular weight excluding hydrogens is 246 g/mol. The number of hydrogen-bond donors (Lipinski definition) is 0. The summed E-state index contributed by atoms with van der Waals surface area (Å²) in [5.41, 5.74) is 0.687. The van der Waals surface area contributed by atoms with E-state index in [1.165, 1.54) is 11.0 Å². The van der Waals surface area contributed by atoms with Gasteiger partial charge in [-0.1, -0.05) is 6.07 Å². The fourth-order valence-electron chi connectivity index (χ4n) is 1.69. The molecule has 0 aliphatic carbocycles. The molecule has 0 N–H and O–H groups in total. The van der Waals surface area contributed by atoms with E-state index in [1.807, 2.05) is 6.07 Å². The highest BCUT2D eigenvalue weighted by atomic mass is 16.6. The van der Waals surface area contributed by atoms with Crippen molar-refractivity contribution < 1.29 is 9.72 Å². The van der Waals surface area contributed by atoms with Crippen molar-refractivity contribution in [2.75, 3.05) is 13.6 Å². The van der Waals surface area contributed by atoms with Gasteiger partial charge in [-0.2, -0.15) is 5.26 Å². The fourth-order valence-corrected chi connectivity index (χ4v) is 1.69. The van der Waals surface area contributed by atoms with E-state index in [1.54, 1.807) is 33.0 Å². The Labute approximate surface area is 111 Å². The second-order valence-corrected chi connectivity index (χ2v) is 4.47.